The Balaban J connectivity index is 0.000000449. The third kappa shape index (κ3) is 14.4. The number of aryl methyl sites for hydroxylation is 1. The number of benzene rings is 1. The van der Waals surface area contributed by atoms with Gasteiger partial charge in [-0.1, -0.05) is 61.4 Å². The molecular weight excluding hydrogens is 690 g/mol. The van der Waals surface area contributed by atoms with Crippen molar-refractivity contribution >= 4 is 35.5 Å². The molecule has 1 aliphatic carbocycles. The smallest absolute Gasteiger partial charge is 0.360 e. The van der Waals surface area contributed by atoms with Crippen LogP contribution in [0.5, 0.6) is 0 Å². The lowest BCUT2D eigenvalue weighted by Crippen LogP contribution is -2.21. The minimum absolute atomic E-state index is 0.0358. The predicted molar refractivity (Wildman–Crippen MR) is 188 cm³/mol. The van der Waals surface area contributed by atoms with Crippen molar-refractivity contribution in [2.75, 3.05) is 26.9 Å². The second kappa shape index (κ2) is 23.4. The molecule has 0 saturated heterocycles. The van der Waals surface area contributed by atoms with E-state index in [1.807, 2.05) is 28.8 Å². The molecule has 0 amide bonds. The summed E-state index contributed by atoms with van der Waals surface area (Å²) in [7, 11) is 1.47. The fourth-order valence-electron chi connectivity index (χ4n) is 5.03. The van der Waals surface area contributed by atoms with E-state index in [2.05, 4.69) is 48.9 Å². The minimum Gasteiger partial charge on any atom is -0.468 e. The average Bonchev–Trinajstić information content (AvgIpc) is 3.45. The molecule has 18 heteroatoms. The van der Waals surface area contributed by atoms with Crippen LogP contribution in [0.3, 0.4) is 0 Å². The van der Waals surface area contributed by atoms with E-state index < -0.39 is 17.3 Å². The maximum Gasteiger partial charge on any atom is 0.360 e. The maximum atomic E-state index is 12.8. The summed E-state index contributed by atoms with van der Waals surface area (Å²) in [6.07, 6.45) is 9.82. The summed E-state index contributed by atoms with van der Waals surface area (Å²) in [5.41, 5.74) is 10.1. The highest BCUT2D eigenvalue weighted by molar-refractivity contribution is 6.32. The molecule has 0 spiro atoms. The minimum atomic E-state index is -0.906. The van der Waals surface area contributed by atoms with Gasteiger partial charge in [-0.05, 0) is 62.1 Å². The highest BCUT2D eigenvalue weighted by Gasteiger charge is 2.25. The summed E-state index contributed by atoms with van der Waals surface area (Å²) in [6, 6.07) is 8.09. The topological polar surface area (TPSA) is 235 Å². The van der Waals surface area contributed by atoms with E-state index in [9.17, 15) is 24.6 Å². The molecule has 0 fully saturated rings. The van der Waals surface area contributed by atoms with Gasteiger partial charge in [-0.25, -0.2) is 9.78 Å². The van der Waals surface area contributed by atoms with Crippen LogP contribution in [0, 0.1) is 20.9 Å². The number of rotatable bonds is 22. The molecule has 0 saturated carbocycles. The van der Waals surface area contributed by atoms with E-state index in [0.29, 0.717) is 51.1 Å². The van der Waals surface area contributed by atoms with Crippen molar-refractivity contribution in [1.82, 2.24) is 9.55 Å². The Morgan fingerprint density at radius 3 is 2.53 bits per heavy atom. The fraction of sp³-hybridized carbons (Fsp3) is 0.515. The van der Waals surface area contributed by atoms with Crippen molar-refractivity contribution < 1.29 is 38.6 Å². The van der Waals surface area contributed by atoms with Gasteiger partial charge in [-0.2, -0.15) is 5.10 Å². The van der Waals surface area contributed by atoms with E-state index in [1.165, 1.54) is 7.11 Å². The molecule has 3 rings (SSSR count). The number of carbonyl (C=O) groups is 2. The number of esters is 1. The molecule has 0 bridgehead atoms. The molecule has 1 heterocycles. The van der Waals surface area contributed by atoms with Crippen molar-refractivity contribution in [3.05, 3.63) is 84.8 Å². The van der Waals surface area contributed by atoms with E-state index in [-0.39, 0.29) is 30.0 Å². The lowest BCUT2D eigenvalue weighted by atomic mass is 9.91. The van der Waals surface area contributed by atoms with Crippen LogP contribution in [0.4, 0.5) is 0 Å². The highest BCUT2D eigenvalue weighted by atomic mass is 35.5. The quantitative estimate of drug-likeness (QED) is 0.0150. The number of hydrazone groups is 1. The first-order valence-electron chi connectivity index (χ1n) is 16.4. The van der Waals surface area contributed by atoms with Gasteiger partial charge in [-0.15, -0.1) is 15.0 Å². The van der Waals surface area contributed by atoms with Crippen LogP contribution in [0.15, 0.2) is 52.4 Å². The second-order valence-electron chi connectivity index (χ2n) is 11.3. The summed E-state index contributed by atoms with van der Waals surface area (Å²) >= 11 is 6.38. The van der Waals surface area contributed by atoms with Gasteiger partial charge in [0, 0.05) is 31.6 Å². The molecule has 1 aliphatic rings. The van der Waals surface area contributed by atoms with Gasteiger partial charge in [0.05, 0.1) is 6.61 Å². The van der Waals surface area contributed by atoms with Gasteiger partial charge in [0.15, 0.2) is 28.3 Å². The predicted octanol–water partition coefficient (Wildman–Crippen LogP) is 5.26. The lowest BCUT2D eigenvalue weighted by molar-refractivity contribution is -0.759. The van der Waals surface area contributed by atoms with Gasteiger partial charge < -0.3 is 40.0 Å². The molecule has 1 aromatic heterocycles. The number of unbranched alkanes of at least 4 members (excludes halogenated alkanes) is 2. The fourth-order valence-corrected chi connectivity index (χ4v) is 5.31. The third-order valence-electron chi connectivity index (χ3n) is 7.70. The van der Waals surface area contributed by atoms with Gasteiger partial charge in [-0.3, -0.25) is 4.79 Å². The number of halogens is 1. The molecule has 2 aromatic rings. The monoisotopic (exact) mass is 735 g/mol. The first-order chi connectivity index (χ1) is 24.6. The number of allylic oxidation sites excluding steroid dienone is 2. The Morgan fingerprint density at radius 1 is 1.18 bits per heavy atom. The number of carbonyl (C=O) groups excluding carboxylic acids is 2. The number of aromatic nitrogens is 2. The molecule has 4 N–H and O–H groups in total. The van der Waals surface area contributed by atoms with Crippen molar-refractivity contribution in [2.45, 2.75) is 78.0 Å². The van der Waals surface area contributed by atoms with Crippen LogP contribution in [0.2, 0.25) is 5.15 Å². The Hall–Kier alpha value is -5.03. The molecule has 0 aliphatic heterocycles. The average molecular weight is 736 g/mol. The zero-order valence-electron chi connectivity index (χ0n) is 29.0. The normalized spacial score (nSPS) is 13.8. The number of hydrogen-bond donors (Lipinski definition) is 2. The molecule has 2 atom stereocenters. The van der Waals surface area contributed by atoms with E-state index in [0.717, 1.165) is 53.8 Å². The van der Waals surface area contributed by atoms with Crippen molar-refractivity contribution in [3.63, 3.8) is 0 Å². The summed E-state index contributed by atoms with van der Waals surface area (Å²) in [4.78, 5) is 55.3. The van der Waals surface area contributed by atoms with Gasteiger partial charge in [0.2, 0.25) is 0 Å². The van der Waals surface area contributed by atoms with Crippen molar-refractivity contribution in [2.24, 2.45) is 27.9 Å². The zero-order valence-corrected chi connectivity index (χ0v) is 29.8. The molecular formula is C33H46ClN7O10. The maximum absolute atomic E-state index is 12.8. The molecule has 51 heavy (non-hydrogen) atoms. The molecule has 0 radical (unpaired) electrons. The summed E-state index contributed by atoms with van der Waals surface area (Å²) < 4.78 is 16.7. The second-order valence-corrected chi connectivity index (χ2v) is 11.7. The Morgan fingerprint density at radius 2 is 1.90 bits per heavy atom. The molecule has 2 unspecified atom stereocenters. The number of ether oxygens (including phenoxy) is 3. The van der Waals surface area contributed by atoms with Gasteiger partial charge in [0.25, 0.3) is 11.6 Å². The number of methoxy groups -OCH3 is 1. The van der Waals surface area contributed by atoms with Crippen molar-refractivity contribution in [3.8, 4) is 0 Å². The van der Waals surface area contributed by atoms with Crippen LogP contribution in [-0.4, -0.2) is 66.1 Å². The molecule has 280 valence electrons. The summed E-state index contributed by atoms with van der Waals surface area (Å²) in [6.45, 7) is 4.63. The first-order valence-corrected chi connectivity index (χ1v) is 16.8. The van der Waals surface area contributed by atoms with Gasteiger partial charge in [0.1, 0.15) is 19.0 Å². The van der Waals surface area contributed by atoms with Crippen molar-refractivity contribution in [1.29, 1.82) is 0 Å². The van der Waals surface area contributed by atoms with Crippen LogP contribution >= 0.6 is 11.6 Å². The summed E-state index contributed by atoms with van der Waals surface area (Å²) in [5, 5.41) is 15.1. The van der Waals surface area contributed by atoms with Crippen LogP contribution in [-0.2, 0) is 41.6 Å². The lowest BCUT2D eigenvalue weighted by Gasteiger charge is -2.17. The Bertz CT molecular complexity index is 1510. The van der Waals surface area contributed by atoms with Crippen LogP contribution < -0.4 is 11.6 Å². The highest BCUT2D eigenvalue weighted by Crippen LogP contribution is 2.29. The number of hydrogen-bond acceptors (Lipinski definition) is 14. The first kappa shape index (κ1) is 42.1. The number of nitrogens with two attached hydrogens (primary N) is 2. The number of amidine groups is 1. The standard InChI is InChI=1S/C25H32ClN5O3.C8H14N2O7/c1-4-5-10-21-29-23(26)22(25(32)34-16(2)33-3)31(21)15-17-11-13-18(14-12-17)19-8-6-7-9-20(19)24(27)30-28;11-7-15-4-2-1-3-8(5-16-9-12)6-17-10(13)14/h8-9,11-14,16H,4-7,10,15,28H2,1-3H3,(H2,27,30);7-8H,1-6H2. The Labute approximate surface area is 301 Å². The zero-order chi connectivity index (χ0) is 37.6. The van der Waals surface area contributed by atoms with E-state index in [1.54, 1.807) is 6.92 Å². The van der Waals surface area contributed by atoms with Gasteiger partial charge >= 0.3 is 5.97 Å². The summed E-state index contributed by atoms with van der Waals surface area (Å²) in [5.74, 6) is 5.62. The molecule has 1 aromatic carbocycles. The largest absolute Gasteiger partial charge is 0.468 e. The van der Waals surface area contributed by atoms with Crippen LogP contribution in [0.25, 0.3) is 5.57 Å². The number of nitrogens with zero attached hydrogens (tertiary/aromatic N) is 5. The SMILES string of the molecule is CCCCc1nc(Cl)c(C(=O)OC(C)OC)n1Cc1ccc(C2=CCCC=C2/C(N)=N/N)cc1.O=COCCCCC(CON=O)CO[N+](=O)[O-]. The van der Waals surface area contributed by atoms with Crippen LogP contribution in [0.1, 0.15) is 86.2 Å². The third-order valence-corrected chi connectivity index (χ3v) is 7.97. The van der Waals surface area contributed by atoms with E-state index in [4.69, 9.17) is 32.7 Å². The molecule has 17 nitrogen and oxygen atoms in total. The number of imidazole rings is 1. The Kier molecular flexibility index (Phi) is 19.3. The van der Waals surface area contributed by atoms with E-state index >= 15 is 0 Å².